The van der Waals surface area contributed by atoms with Gasteiger partial charge in [0.1, 0.15) is 12.2 Å². The fourth-order valence-electron chi connectivity index (χ4n) is 1.47. The second-order valence-electron chi connectivity index (χ2n) is 5.03. The Morgan fingerprint density at radius 2 is 2.20 bits per heavy atom. The van der Waals surface area contributed by atoms with Gasteiger partial charge in [-0.2, -0.15) is 0 Å². The van der Waals surface area contributed by atoms with Crippen LogP contribution in [0.3, 0.4) is 0 Å². The van der Waals surface area contributed by atoms with Crippen LogP contribution < -0.4 is 0 Å². The number of rotatable bonds is 3. The highest BCUT2D eigenvalue weighted by molar-refractivity contribution is 6.80. The summed E-state index contributed by atoms with van der Waals surface area (Å²) in [7, 11) is -1.09. The molecule has 1 saturated heterocycles. The maximum atomic E-state index is 5.59. The molecule has 1 aliphatic rings. The Bertz CT molecular complexity index is 356. The van der Waals surface area contributed by atoms with Crippen molar-refractivity contribution in [1.29, 1.82) is 0 Å². The molecule has 0 amide bonds. The van der Waals surface area contributed by atoms with Crippen LogP contribution in [0, 0.1) is 0 Å². The van der Waals surface area contributed by atoms with E-state index in [1.54, 1.807) is 6.20 Å². The first-order valence-electron chi connectivity index (χ1n) is 5.31. The van der Waals surface area contributed by atoms with E-state index in [0.29, 0.717) is 0 Å². The van der Waals surface area contributed by atoms with E-state index in [-0.39, 0.29) is 12.2 Å². The summed E-state index contributed by atoms with van der Waals surface area (Å²) in [6.07, 6.45) is 6.41. The number of hydrogen-bond acceptors (Lipinski definition) is 2. The second kappa shape index (κ2) is 3.91. The van der Waals surface area contributed by atoms with Crippen molar-refractivity contribution in [2.24, 2.45) is 0 Å². The number of hydrogen-bond donors (Lipinski definition) is 0. The molecular weight excluding hydrogens is 202 g/mol. The Morgan fingerprint density at radius 1 is 1.40 bits per heavy atom. The predicted molar refractivity (Wildman–Crippen MR) is 64.3 cm³/mol. The molecule has 1 fully saturated rings. The van der Waals surface area contributed by atoms with Crippen LogP contribution in [0.4, 0.5) is 0 Å². The zero-order valence-corrected chi connectivity index (χ0v) is 10.5. The van der Waals surface area contributed by atoms with Gasteiger partial charge in [-0.1, -0.05) is 37.5 Å². The largest absolute Gasteiger partial charge is 0.360 e. The van der Waals surface area contributed by atoms with Crippen LogP contribution in [0.2, 0.25) is 19.6 Å². The van der Waals surface area contributed by atoms with Gasteiger partial charge in [-0.25, -0.2) is 0 Å². The molecule has 2 nitrogen and oxygen atoms in total. The molecular formula is C12H17NOSi. The van der Waals surface area contributed by atoms with E-state index in [1.165, 1.54) is 5.56 Å². The molecule has 0 saturated carbocycles. The predicted octanol–water partition coefficient (Wildman–Crippen LogP) is 2.96. The van der Waals surface area contributed by atoms with Gasteiger partial charge in [-0.3, -0.25) is 4.98 Å². The Balaban J connectivity index is 1.95. The topological polar surface area (TPSA) is 25.4 Å². The quantitative estimate of drug-likeness (QED) is 0.577. The fraction of sp³-hybridized carbons (Fsp3) is 0.417. The van der Waals surface area contributed by atoms with Gasteiger partial charge in [-0.15, -0.1) is 0 Å². The van der Waals surface area contributed by atoms with Crippen LogP contribution in [0.15, 0.2) is 36.3 Å². The summed E-state index contributed by atoms with van der Waals surface area (Å²) in [4.78, 5) is 4.09. The number of nitrogens with zero attached hydrogens (tertiary/aromatic N) is 1. The molecule has 1 aliphatic heterocycles. The first-order valence-corrected chi connectivity index (χ1v) is 8.89. The first-order chi connectivity index (χ1) is 7.06. The van der Waals surface area contributed by atoms with Gasteiger partial charge in [0.25, 0.3) is 0 Å². The zero-order valence-electron chi connectivity index (χ0n) is 9.47. The third-order valence-electron chi connectivity index (χ3n) is 2.32. The van der Waals surface area contributed by atoms with Crippen LogP contribution in [-0.2, 0) is 4.74 Å². The number of epoxide rings is 1. The number of pyridine rings is 1. The highest BCUT2D eigenvalue weighted by atomic mass is 28.3. The molecule has 0 unspecified atom stereocenters. The summed E-state index contributed by atoms with van der Waals surface area (Å²) in [5.41, 5.74) is 3.52. The molecule has 0 bridgehead atoms. The normalized spacial score (nSPS) is 25.8. The highest BCUT2D eigenvalue weighted by Gasteiger charge is 2.38. The van der Waals surface area contributed by atoms with Gasteiger partial charge in [0.05, 0.1) is 8.07 Å². The smallest absolute Gasteiger partial charge is 0.115 e. The van der Waals surface area contributed by atoms with Crippen LogP contribution >= 0.6 is 0 Å². The monoisotopic (exact) mass is 219 g/mol. The molecule has 0 spiro atoms. The van der Waals surface area contributed by atoms with Crippen LogP contribution in [0.5, 0.6) is 0 Å². The molecule has 80 valence electrons. The Labute approximate surface area is 92.0 Å². The average molecular weight is 219 g/mol. The lowest BCUT2D eigenvalue weighted by Crippen LogP contribution is -2.15. The number of aromatic nitrogens is 1. The minimum Gasteiger partial charge on any atom is -0.360 e. The molecule has 2 atom stereocenters. The SMILES string of the molecule is C[Si](C)(C)/C=C/[C@H]1O[C@H]1c1cccnc1. The van der Waals surface area contributed by atoms with Crippen molar-refractivity contribution in [3.63, 3.8) is 0 Å². The third kappa shape index (κ3) is 3.01. The van der Waals surface area contributed by atoms with Crippen molar-refractivity contribution in [1.82, 2.24) is 4.98 Å². The molecule has 0 aliphatic carbocycles. The van der Waals surface area contributed by atoms with Crippen molar-refractivity contribution in [3.05, 3.63) is 41.9 Å². The summed E-state index contributed by atoms with van der Waals surface area (Å²) in [5, 5.41) is 0. The van der Waals surface area contributed by atoms with Crippen molar-refractivity contribution < 1.29 is 4.74 Å². The Hall–Kier alpha value is -0.933. The molecule has 0 radical (unpaired) electrons. The van der Waals surface area contributed by atoms with Crippen molar-refractivity contribution in [3.8, 4) is 0 Å². The van der Waals surface area contributed by atoms with Crippen molar-refractivity contribution in [2.45, 2.75) is 31.8 Å². The molecule has 2 heterocycles. The van der Waals surface area contributed by atoms with Crippen LogP contribution in [-0.4, -0.2) is 19.2 Å². The summed E-state index contributed by atoms with van der Waals surface area (Å²) in [6.45, 7) is 6.97. The van der Waals surface area contributed by atoms with E-state index in [0.717, 1.165) is 0 Å². The average Bonchev–Trinajstić information content (AvgIpc) is 2.94. The zero-order chi connectivity index (χ0) is 10.9. The lowest BCUT2D eigenvalue weighted by molar-refractivity contribution is 0.393. The molecule has 3 heteroatoms. The van der Waals surface area contributed by atoms with E-state index >= 15 is 0 Å². The van der Waals surface area contributed by atoms with Crippen molar-refractivity contribution in [2.75, 3.05) is 0 Å². The van der Waals surface area contributed by atoms with E-state index in [9.17, 15) is 0 Å². The third-order valence-corrected chi connectivity index (χ3v) is 3.52. The van der Waals surface area contributed by atoms with Crippen molar-refractivity contribution >= 4 is 8.07 Å². The number of ether oxygens (including phenoxy) is 1. The summed E-state index contributed by atoms with van der Waals surface area (Å²) >= 11 is 0. The molecule has 2 rings (SSSR count). The minimum atomic E-state index is -1.09. The summed E-state index contributed by atoms with van der Waals surface area (Å²) in [5.74, 6) is 0. The van der Waals surface area contributed by atoms with Gasteiger partial charge in [0.2, 0.25) is 0 Å². The maximum Gasteiger partial charge on any atom is 0.115 e. The lowest BCUT2D eigenvalue weighted by Gasteiger charge is -2.06. The van der Waals surface area contributed by atoms with Gasteiger partial charge >= 0.3 is 0 Å². The Morgan fingerprint density at radius 3 is 2.80 bits per heavy atom. The summed E-state index contributed by atoms with van der Waals surface area (Å²) < 4.78 is 5.59. The molecule has 1 aromatic heterocycles. The molecule has 15 heavy (non-hydrogen) atoms. The van der Waals surface area contributed by atoms with Crippen LogP contribution in [0.25, 0.3) is 0 Å². The van der Waals surface area contributed by atoms with Crippen LogP contribution in [0.1, 0.15) is 11.7 Å². The molecule has 0 aromatic carbocycles. The van der Waals surface area contributed by atoms with Gasteiger partial charge in [-0.05, 0) is 6.07 Å². The standard InChI is InChI=1S/C12H17NOSi/c1-15(2,3)8-6-11-12(14-11)10-5-4-7-13-9-10/h4-9,11-12H,1-3H3/b8-6+/t11-,12+/m1/s1. The van der Waals surface area contributed by atoms with E-state index in [4.69, 9.17) is 4.74 Å². The van der Waals surface area contributed by atoms with E-state index in [1.807, 2.05) is 12.3 Å². The van der Waals surface area contributed by atoms with E-state index < -0.39 is 8.07 Å². The highest BCUT2D eigenvalue weighted by Crippen LogP contribution is 2.39. The minimum absolute atomic E-state index is 0.242. The van der Waals surface area contributed by atoms with Gasteiger partial charge in [0.15, 0.2) is 0 Å². The lowest BCUT2D eigenvalue weighted by atomic mass is 10.2. The first kappa shape index (κ1) is 10.6. The van der Waals surface area contributed by atoms with Gasteiger partial charge in [0, 0.05) is 18.0 Å². The second-order valence-corrected chi connectivity index (χ2v) is 10.1. The fourth-order valence-corrected chi connectivity index (χ4v) is 2.23. The maximum absolute atomic E-state index is 5.59. The Kier molecular flexibility index (Phi) is 2.76. The van der Waals surface area contributed by atoms with Gasteiger partial charge < -0.3 is 4.74 Å². The molecule has 0 N–H and O–H groups in total. The summed E-state index contributed by atoms with van der Waals surface area (Å²) in [6, 6.07) is 4.02. The van der Waals surface area contributed by atoms with E-state index in [2.05, 4.69) is 42.5 Å². The molecule has 1 aromatic rings.